The molecule has 152 valence electrons. The number of carbonyl (C=O) groups excluding carboxylic acids is 2. The Bertz CT molecular complexity index is 1160. The largest absolute Gasteiger partial charge is 0.356 e. The maximum Gasteiger partial charge on any atom is 0.246 e. The van der Waals surface area contributed by atoms with Gasteiger partial charge in [-0.1, -0.05) is 48.0 Å². The van der Waals surface area contributed by atoms with Crippen molar-refractivity contribution in [2.24, 2.45) is 5.92 Å². The fourth-order valence-corrected chi connectivity index (χ4v) is 5.19. The molecule has 1 N–H and O–H groups in total. The van der Waals surface area contributed by atoms with Gasteiger partial charge in [0.1, 0.15) is 6.04 Å². The van der Waals surface area contributed by atoms with Crippen molar-refractivity contribution in [3.63, 3.8) is 0 Å². The topological polar surface area (TPSA) is 56.4 Å². The standard InChI is InChI=1S/C25H25N3O2/c1-15-6-10-17(11-7-15)24-23-19(18-4-2-3-5-20(18)26-23)12-21-25(30)27(13-16-8-9-16)14-22(29)28(21)24/h2-7,10-11,16,21,24,26H,8-9,12-14H2,1H3. The number of fused-ring (bicyclic) bond motifs is 4. The summed E-state index contributed by atoms with van der Waals surface area (Å²) in [5.41, 5.74) is 5.52. The van der Waals surface area contributed by atoms with Crippen molar-refractivity contribution in [3.8, 4) is 0 Å². The van der Waals surface area contributed by atoms with Crippen molar-refractivity contribution in [1.82, 2.24) is 14.8 Å². The third kappa shape index (κ3) is 2.68. The summed E-state index contributed by atoms with van der Waals surface area (Å²) in [5, 5.41) is 1.16. The van der Waals surface area contributed by atoms with Gasteiger partial charge in [-0.2, -0.15) is 0 Å². The van der Waals surface area contributed by atoms with Gasteiger partial charge in [0, 0.05) is 29.6 Å². The van der Waals surface area contributed by atoms with Crippen LogP contribution in [-0.2, 0) is 16.0 Å². The highest BCUT2D eigenvalue weighted by Crippen LogP contribution is 2.43. The molecule has 0 radical (unpaired) electrons. The molecule has 1 aromatic heterocycles. The molecular weight excluding hydrogens is 374 g/mol. The van der Waals surface area contributed by atoms with E-state index in [0.717, 1.165) is 28.7 Å². The minimum Gasteiger partial charge on any atom is -0.356 e. The number of hydrogen-bond donors (Lipinski definition) is 1. The fourth-order valence-electron chi connectivity index (χ4n) is 5.19. The van der Waals surface area contributed by atoms with E-state index in [4.69, 9.17) is 0 Å². The predicted octanol–water partition coefficient (Wildman–Crippen LogP) is 3.57. The van der Waals surface area contributed by atoms with Crippen molar-refractivity contribution < 1.29 is 9.59 Å². The first-order chi connectivity index (χ1) is 14.6. The molecule has 2 fully saturated rings. The summed E-state index contributed by atoms with van der Waals surface area (Å²) >= 11 is 0. The SMILES string of the molecule is Cc1ccc(C2c3[nH]c4ccccc4c3CC3C(=O)N(CC4CC4)CC(=O)N32)cc1. The van der Waals surface area contributed by atoms with E-state index in [1.54, 1.807) is 0 Å². The second-order valence-electron chi connectivity index (χ2n) is 9.06. The highest BCUT2D eigenvalue weighted by atomic mass is 16.2. The van der Waals surface area contributed by atoms with E-state index >= 15 is 0 Å². The average molecular weight is 399 g/mol. The molecule has 5 nitrogen and oxygen atoms in total. The Kier molecular flexibility index (Phi) is 3.82. The molecule has 3 aromatic rings. The molecule has 2 amide bonds. The number of aromatic amines is 1. The number of H-pyrrole nitrogens is 1. The van der Waals surface area contributed by atoms with Crippen LogP contribution in [0, 0.1) is 12.8 Å². The lowest BCUT2D eigenvalue weighted by Crippen LogP contribution is -2.63. The summed E-state index contributed by atoms with van der Waals surface area (Å²) in [6.45, 7) is 2.99. The number of aryl methyl sites for hydroxylation is 1. The van der Waals surface area contributed by atoms with E-state index in [2.05, 4.69) is 48.3 Å². The molecule has 1 saturated heterocycles. The molecule has 1 saturated carbocycles. The summed E-state index contributed by atoms with van der Waals surface area (Å²) in [6, 6.07) is 15.9. The van der Waals surface area contributed by atoms with Gasteiger partial charge in [0.15, 0.2) is 0 Å². The Balaban J connectivity index is 1.51. The van der Waals surface area contributed by atoms with Crippen LogP contribution in [0.3, 0.4) is 0 Å². The normalized spacial score (nSPS) is 23.6. The third-order valence-electron chi connectivity index (χ3n) is 6.91. The summed E-state index contributed by atoms with van der Waals surface area (Å²) in [6.07, 6.45) is 2.92. The van der Waals surface area contributed by atoms with E-state index in [9.17, 15) is 9.59 Å². The zero-order valence-electron chi connectivity index (χ0n) is 17.1. The Labute approximate surface area is 175 Å². The highest BCUT2D eigenvalue weighted by molar-refractivity contribution is 5.97. The second kappa shape index (κ2) is 6.46. The van der Waals surface area contributed by atoms with Crippen LogP contribution in [0.4, 0.5) is 0 Å². The van der Waals surface area contributed by atoms with Crippen LogP contribution in [0.1, 0.15) is 41.3 Å². The van der Waals surface area contributed by atoms with Crippen LogP contribution in [0.5, 0.6) is 0 Å². The van der Waals surface area contributed by atoms with Gasteiger partial charge < -0.3 is 14.8 Å². The van der Waals surface area contributed by atoms with Crippen LogP contribution in [-0.4, -0.2) is 45.7 Å². The third-order valence-corrected chi connectivity index (χ3v) is 6.91. The summed E-state index contributed by atoms with van der Waals surface area (Å²) < 4.78 is 0. The Morgan fingerprint density at radius 2 is 1.80 bits per heavy atom. The summed E-state index contributed by atoms with van der Waals surface area (Å²) in [5.74, 6) is 0.734. The molecule has 2 unspecified atom stereocenters. The lowest BCUT2D eigenvalue weighted by molar-refractivity contribution is -0.158. The van der Waals surface area contributed by atoms with Gasteiger partial charge in [-0.3, -0.25) is 9.59 Å². The maximum absolute atomic E-state index is 13.5. The van der Waals surface area contributed by atoms with Crippen molar-refractivity contribution >= 4 is 22.7 Å². The van der Waals surface area contributed by atoms with Gasteiger partial charge in [0.2, 0.25) is 11.8 Å². The van der Waals surface area contributed by atoms with Gasteiger partial charge in [0.05, 0.1) is 12.6 Å². The predicted molar refractivity (Wildman–Crippen MR) is 115 cm³/mol. The first kappa shape index (κ1) is 17.8. The molecule has 3 aliphatic rings. The number of rotatable bonds is 3. The minimum atomic E-state index is -0.428. The Morgan fingerprint density at radius 1 is 1.03 bits per heavy atom. The van der Waals surface area contributed by atoms with Crippen LogP contribution >= 0.6 is 0 Å². The van der Waals surface area contributed by atoms with Gasteiger partial charge in [-0.15, -0.1) is 0 Å². The number of nitrogens with one attached hydrogen (secondary N) is 1. The van der Waals surface area contributed by atoms with Crippen molar-refractivity contribution in [2.45, 2.75) is 38.3 Å². The number of piperazine rings is 1. The zero-order chi connectivity index (χ0) is 20.4. The van der Waals surface area contributed by atoms with Crippen LogP contribution in [0.2, 0.25) is 0 Å². The number of hydrogen-bond acceptors (Lipinski definition) is 2. The first-order valence-electron chi connectivity index (χ1n) is 10.9. The van der Waals surface area contributed by atoms with Gasteiger partial charge >= 0.3 is 0 Å². The lowest BCUT2D eigenvalue weighted by atomic mass is 9.86. The molecule has 30 heavy (non-hydrogen) atoms. The lowest BCUT2D eigenvalue weighted by Gasteiger charge is -2.47. The van der Waals surface area contributed by atoms with E-state index in [-0.39, 0.29) is 24.4 Å². The molecule has 2 atom stereocenters. The monoisotopic (exact) mass is 399 g/mol. The molecular formula is C25H25N3O2. The van der Waals surface area contributed by atoms with E-state index in [0.29, 0.717) is 12.3 Å². The van der Waals surface area contributed by atoms with E-state index in [1.807, 2.05) is 21.9 Å². The van der Waals surface area contributed by atoms with Crippen LogP contribution in [0.25, 0.3) is 10.9 Å². The molecule has 3 heterocycles. The molecule has 2 aromatic carbocycles. The van der Waals surface area contributed by atoms with Crippen molar-refractivity contribution in [1.29, 1.82) is 0 Å². The van der Waals surface area contributed by atoms with Crippen LogP contribution in [0.15, 0.2) is 48.5 Å². The highest BCUT2D eigenvalue weighted by Gasteiger charge is 2.48. The zero-order valence-corrected chi connectivity index (χ0v) is 17.1. The second-order valence-corrected chi connectivity index (χ2v) is 9.06. The Morgan fingerprint density at radius 3 is 2.57 bits per heavy atom. The number of benzene rings is 2. The molecule has 0 bridgehead atoms. The molecule has 2 aliphatic heterocycles. The van der Waals surface area contributed by atoms with Gasteiger partial charge in [-0.05, 0) is 42.9 Å². The maximum atomic E-state index is 13.5. The number of amides is 2. The molecule has 1 aliphatic carbocycles. The number of aromatic nitrogens is 1. The summed E-state index contributed by atoms with van der Waals surface area (Å²) in [4.78, 5) is 34.1. The Hall–Kier alpha value is -3.08. The van der Waals surface area contributed by atoms with Crippen LogP contribution < -0.4 is 0 Å². The van der Waals surface area contributed by atoms with Gasteiger partial charge in [-0.25, -0.2) is 0 Å². The number of para-hydroxylation sites is 1. The number of nitrogens with zero attached hydrogens (tertiary/aromatic N) is 2. The summed E-state index contributed by atoms with van der Waals surface area (Å²) in [7, 11) is 0. The van der Waals surface area contributed by atoms with E-state index < -0.39 is 6.04 Å². The molecule has 5 heteroatoms. The smallest absolute Gasteiger partial charge is 0.246 e. The fraction of sp³-hybridized carbons (Fsp3) is 0.360. The first-order valence-corrected chi connectivity index (χ1v) is 10.9. The van der Waals surface area contributed by atoms with Gasteiger partial charge in [0.25, 0.3) is 0 Å². The van der Waals surface area contributed by atoms with Crippen molar-refractivity contribution in [3.05, 3.63) is 70.9 Å². The van der Waals surface area contributed by atoms with Crippen molar-refractivity contribution in [2.75, 3.05) is 13.1 Å². The average Bonchev–Trinajstić information content (AvgIpc) is 3.49. The quantitative estimate of drug-likeness (QED) is 0.732. The molecule has 0 spiro atoms. The minimum absolute atomic E-state index is 0.0510. The number of carbonyl (C=O) groups is 2. The molecule has 6 rings (SSSR count). The van der Waals surface area contributed by atoms with E-state index in [1.165, 1.54) is 24.0 Å².